The molecular formula is C16H24ClNO. The smallest absolute Gasteiger partial charge is 0.0468 e. The quantitative estimate of drug-likeness (QED) is 0.877. The Balaban J connectivity index is 2.09. The number of hydrogen-bond acceptors (Lipinski definition) is 2. The monoisotopic (exact) mass is 281 g/mol. The van der Waals surface area contributed by atoms with Crippen LogP contribution >= 0.6 is 11.6 Å². The van der Waals surface area contributed by atoms with E-state index in [4.69, 9.17) is 16.3 Å². The number of benzene rings is 1. The highest BCUT2D eigenvalue weighted by Crippen LogP contribution is 2.29. The molecule has 106 valence electrons. The molecule has 1 unspecified atom stereocenters. The predicted molar refractivity (Wildman–Crippen MR) is 80.8 cm³/mol. The fraction of sp³-hybridized carbons (Fsp3) is 0.625. The number of nitrogens with one attached hydrogen (secondary N) is 1. The van der Waals surface area contributed by atoms with Gasteiger partial charge in [0.25, 0.3) is 0 Å². The van der Waals surface area contributed by atoms with Gasteiger partial charge in [0.2, 0.25) is 0 Å². The summed E-state index contributed by atoms with van der Waals surface area (Å²) in [5.41, 5.74) is 2.55. The molecule has 1 aromatic carbocycles. The van der Waals surface area contributed by atoms with E-state index < -0.39 is 0 Å². The maximum Gasteiger partial charge on any atom is 0.0468 e. The zero-order valence-corrected chi connectivity index (χ0v) is 12.7. The zero-order valence-electron chi connectivity index (χ0n) is 11.9. The molecule has 1 heterocycles. The lowest BCUT2D eigenvalue weighted by Crippen LogP contribution is -2.26. The van der Waals surface area contributed by atoms with Crippen molar-refractivity contribution in [3.05, 3.63) is 34.3 Å². The van der Waals surface area contributed by atoms with Gasteiger partial charge >= 0.3 is 0 Å². The minimum atomic E-state index is 0.408. The average Bonchev–Trinajstić information content (AvgIpc) is 2.38. The molecule has 0 bridgehead atoms. The molecule has 1 fully saturated rings. The molecule has 1 aliphatic rings. The van der Waals surface area contributed by atoms with Gasteiger partial charge in [0.1, 0.15) is 0 Å². The van der Waals surface area contributed by atoms with Crippen molar-refractivity contribution in [2.75, 3.05) is 19.8 Å². The van der Waals surface area contributed by atoms with Gasteiger partial charge in [-0.15, -0.1) is 0 Å². The highest BCUT2D eigenvalue weighted by Gasteiger charge is 2.20. The summed E-state index contributed by atoms with van der Waals surface area (Å²) in [6.45, 7) is 7.08. The summed E-state index contributed by atoms with van der Waals surface area (Å²) in [4.78, 5) is 0. The molecule has 2 nitrogen and oxygen atoms in total. The first-order chi connectivity index (χ1) is 9.19. The normalized spacial score (nSPS) is 18.5. The topological polar surface area (TPSA) is 21.3 Å². The molecule has 1 atom stereocenters. The van der Waals surface area contributed by atoms with Crippen molar-refractivity contribution in [1.29, 1.82) is 0 Å². The van der Waals surface area contributed by atoms with E-state index in [0.29, 0.717) is 6.04 Å². The van der Waals surface area contributed by atoms with Crippen LogP contribution in [0, 0.1) is 12.8 Å². The molecule has 1 saturated heterocycles. The van der Waals surface area contributed by atoms with Crippen LogP contribution in [0.1, 0.15) is 43.4 Å². The summed E-state index contributed by atoms with van der Waals surface area (Å²) in [6, 6.07) is 6.77. The highest BCUT2D eigenvalue weighted by molar-refractivity contribution is 6.30. The van der Waals surface area contributed by atoms with Crippen LogP contribution in [0.3, 0.4) is 0 Å². The Morgan fingerprint density at radius 3 is 2.68 bits per heavy atom. The lowest BCUT2D eigenvalue weighted by Gasteiger charge is -2.27. The Morgan fingerprint density at radius 1 is 1.32 bits per heavy atom. The van der Waals surface area contributed by atoms with Crippen molar-refractivity contribution >= 4 is 11.6 Å². The molecule has 1 N–H and O–H groups in total. The maximum atomic E-state index is 6.19. The van der Waals surface area contributed by atoms with Gasteiger partial charge in [-0.2, -0.15) is 0 Å². The predicted octanol–water partition coefficient (Wildman–Crippen LogP) is 4.12. The molecular weight excluding hydrogens is 258 g/mol. The molecule has 0 spiro atoms. The zero-order chi connectivity index (χ0) is 13.7. The Hall–Kier alpha value is -0.570. The van der Waals surface area contributed by atoms with Crippen molar-refractivity contribution in [3.8, 4) is 0 Å². The molecule has 0 aliphatic carbocycles. The summed E-state index contributed by atoms with van der Waals surface area (Å²) in [5.74, 6) is 0.761. The highest BCUT2D eigenvalue weighted by atomic mass is 35.5. The summed E-state index contributed by atoms with van der Waals surface area (Å²) < 4.78 is 5.44. The maximum absolute atomic E-state index is 6.19. The first kappa shape index (κ1) is 14.8. The fourth-order valence-electron chi connectivity index (χ4n) is 2.86. The largest absolute Gasteiger partial charge is 0.381 e. The molecule has 3 heteroatoms. The van der Waals surface area contributed by atoms with Gasteiger partial charge in [0.15, 0.2) is 0 Å². The van der Waals surface area contributed by atoms with Gasteiger partial charge in [-0.05, 0) is 61.9 Å². The molecule has 0 amide bonds. The minimum absolute atomic E-state index is 0.408. The van der Waals surface area contributed by atoms with Crippen molar-refractivity contribution in [2.45, 2.75) is 39.2 Å². The van der Waals surface area contributed by atoms with Crippen LogP contribution in [-0.2, 0) is 4.74 Å². The molecule has 1 aromatic rings. The van der Waals surface area contributed by atoms with E-state index in [0.717, 1.165) is 30.7 Å². The molecule has 1 aliphatic heterocycles. The van der Waals surface area contributed by atoms with E-state index >= 15 is 0 Å². The lowest BCUT2D eigenvalue weighted by atomic mass is 9.89. The Morgan fingerprint density at radius 2 is 2.05 bits per heavy atom. The third-order valence-corrected chi connectivity index (χ3v) is 4.05. The number of aryl methyl sites for hydroxylation is 1. The Kier molecular flexibility index (Phi) is 5.68. The van der Waals surface area contributed by atoms with Crippen molar-refractivity contribution < 1.29 is 4.74 Å². The second kappa shape index (κ2) is 7.28. The van der Waals surface area contributed by atoms with Crippen LogP contribution in [0.5, 0.6) is 0 Å². The van der Waals surface area contributed by atoms with Crippen LogP contribution in [0.15, 0.2) is 18.2 Å². The van der Waals surface area contributed by atoms with Gasteiger partial charge in [0, 0.05) is 24.3 Å². The van der Waals surface area contributed by atoms with E-state index in [1.165, 1.54) is 30.4 Å². The Labute approximate surface area is 121 Å². The van der Waals surface area contributed by atoms with Gasteiger partial charge in [0.05, 0.1) is 0 Å². The van der Waals surface area contributed by atoms with E-state index in [1.54, 1.807) is 0 Å². The molecule has 0 radical (unpaired) electrons. The lowest BCUT2D eigenvalue weighted by molar-refractivity contribution is 0.0606. The molecule has 0 aromatic heterocycles. The summed E-state index contributed by atoms with van der Waals surface area (Å²) in [7, 11) is 0. The van der Waals surface area contributed by atoms with Gasteiger partial charge in [-0.3, -0.25) is 0 Å². The van der Waals surface area contributed by atoms with Crippen molar-refractivity contribution in [3.63, 3.8) is 0 Å². The van der Waals surface area contributed by atoms with Crippen LogP contribution < -0.4 is 5.32 Å². The van der Waals surface area contributed by atoms with Crippen LogP contribution in [0.25, 0.3) is 0 Å². The van der Waals surface area contributed by atoms with Gasteiger partial charge < -0.3 is 10.1 Å². The first-order valence-electron chi connectivity index (χ1n) is 7.27. The van der Waals surface area contributed by atoms with Crippen molar-refractivity contribution in [1.82, 2.24) is 5.32 Å². The SMILES string of the molecule is CCNC(CC1CCOCC1)c1cc(C)cc(Cl)c1. The van der Waals surface area contributed by atoms with Crippen LogP contribution in [0.4, 0.5) is 0 Å². The van der Waals surface area contributed by atoms with E-state index in [1.807, 2.05) is 6.07 Å². The van der Waals surface area contributed by atoms with Crippen molar-refractivity contribution in [2.24, 2.45) is 5.92 Å². The number of rotatable bonds is 5. The second-order valence-corrected chi connectivity index (χ2v) is 5.90. The third-order valence-electron chi connectivity index (χ3n) is 3.83. The fourth-order valence-corrected chi connectivity index (χ4v) is 3.16. The minimum Gasteiger partial charge on any atom is -0.381 e. The average molecular weight is 282 g/mol. The van der Waals surface area contributed by atoms with E-state index in [-0.39, 0.29) is 0 Å². The third kappa shape index (κ3) is 4.48. The number of hydrogen-bond donors (Lipinski definition) is 1. The number of ether oxygens (including phenoxy) is 1. The molecule has 19 heavy (non-hydrogen) atoms. The Bertz CT molecular complexity index is 381. The van der Waals surface area contributed by atoms with Crippen LogP contribution in [0.2, 0.25) is 5.02 Å². The van der Waals surface area contributed by atoms with Gasteiger partial charge in [-0.1, -0.05) is 24.6 Å². The van der Waals surface area contributed by atoms with E-state index in [2.05, 4.69) is 31.3 Å². The summed E-state index contributed by atoms with van der Waals surface area (Å²) >= 11 is 6.19. The summed E-state index contributed by atoms with van der Waals surface area (Å²) in [5, 5.41) is 4.44. The molecule has 0 saturated carbocycles. The number of halogens is 1. The summed E-state index contributed by atoms with van der Waals surface area (Å²) in [6.07, 6.45) is 3.54. The van der Waals surface area contributed by atoms with E-state index in [9.17, 15) is 0 Å². The van der Waals surface area contributed by atoms with Gasteiger partial charge in [-0.25, -0.2) is 0 Å². The molecule has 2 rings (SSSR count). The first-order valence-corrected chi connectivity index (χ1v) is 7.65. The second-order valence-electron chi connectivity index (χ2n) is 5.46. The standard InChI is InChI=1S/C16H24ClNO/c1-3-18-16(10-13-4-6-19-7-5-13)14-8-12(2)9-15(17)11-14/h8-9,11,13,16,18H,3-7,10H2,1-2H3. The van der Waals surface area contributed by atoms with Crippen LogP contribution in [-0.4, -0.2) is 19.8 Å².